The topological polar surface area (TPSA) is 62.3 Å². The summed E-state index contributed by atoms with van der Waals surface area (Å²) in [6.45, 7) is 1.80. The minimum atomic E-state index is -3.31. The molecule has 19 heavy (non-hydrogen) atoms. The molecule has 0 aliphatic carbocycles. The Kier molecular flexibility index (Phi) is 4.27. The van der Waals surface area contributed by atoms with Crippen LogP contribution in [0.15, 0.2) is 22.8 Å². The van der Waals surface area contributed by atoms with Gasteiger partial charge in [-0.25, -0.2) is 8.42 Å². The van der Waals surface area contributed by atoms with Crippen molar-refractivity contribution in [1.82, 2.24) is 9.88 Å². The van der Waals surface area contributed by atoms with Crippen molar-refractivity contribution in [2.75, 3.05) is 31.1 Å². The fourth-order valence-corrected chi connectivity index (χ4v) is 2.84. The van der Waals surface area contributed by atoms with Crippen molar-refractivity contribution in [3.05, 3.63) is 28.5 Å². The van der Waals surface area contributed by atoms with Crippen LogP contribution in [0.1, 0.15) is 12.1 Å². The largest absolute Gasteiger partial charge is 0.302 e. The van der Waals surface area contributed by atoms with Crippen LogP contribution in [-0.4, -0.2) is 44.7 Å². The molecule has 1 N–H and O–H groups in total. The van der Waals surface area contributed by atoms with Gasteiger partial charge in [-0.3, -0.25) is 9.71 Å². The maximum absolute atomic E-state index is 11.4. The third-order valence-electron chi connectivity index (χ3n) is 2.87. The highest BCUT2D eigenvalue weighted by molar-refractivity contribution is 9.10. The number of halogens is 1. The standard InChI is InChI=1S/C12H16BrN3O2S/c1-16-5-3-9(4-6-16)12-11(15-19(2,17)18)7-10(13)8-14-12/h3,7-8,15H,4-6H2,1-2H3. The van der Waals surface area contributed by atoms with Crippen molar-refractivity contribution in [2.45, 2.75) is 6.42 Å². The fraction of sp³-hybridized carbons (Fsp3) is 0.417. The first-order valence-corrected chi connectivity index (χ1v) is 8.55. The first-order valence-electron chi connectivity index (χ1n) is 5.86. The van der Waals surface area contributed by atoms with Crippen LogP contribution in [0.2, 0.25) is 0 Å². The van der Waals surface area contributed by atoms with E-state index in [4.69, 9.17) is 0 Å². The number of hydrogen-bond acceptors (Lipinski definition) is 4. The van der Waals surface area contributed by atoms with Crippen LogP contribution in [0.5, 0.6) is 0 Å². The van der Waals surface area contributed by atoms with Gasteiger partial charge < -0.3 is 4.90 Å². The number of rotatable bonds is 3. The van der Waals surface area contributed by atoms with Gasteiger partial charge in [0.25, 0.3) is 0 Å². The minimum absolute atomic E-state index is 0.521. The molecule has 0 fully saturated rings. The zero-order valence-electron chi connectivity index (χ0n) is 10.9. The van der Waals surface area contributed by atoms with Gasteiger partial charge in [0.05, 0.1) is 17.6 Å². The Labute approximate surface area is 121 Å². The van der Waals surface area contributed by atoms with Crippen molar-refractivity contribution < 1.29 is 8.42 Å². The quantitative estimate of drug-likeness (QED) is 0.909. The Morgan fingerprint density at radius 2 is 2.21 bits per heavy atom. The zero-order chi connectivity index (χ0) is 14.0. The van der Waals surface area contributed by atoms with Crippen LogP contribution in [-0.2, 0) is 10.0 Å². The van der Waals surface area contributed by atoms with Gasteiger partial charge in [-0.15, -0.1) is 0 Å². The minimum Gasteiger partial charge on any atom is -0.302 e. The molecule has 104 valence electrons. The number of nitrogens with zero attached hydrogens (tertiary/aromatic N) is 2. The maximum Gasteiger partial charge on any atom is 0.229 e. The molecule has 0 bridgehead atoms. The van der Waals surface area contributed by atoms with Gasteiger partial charge in [-0.1, -0.05) is 6.08 Å². The molecule has 0 unspecified atom stereocenters. The first kappa shape index (κ1) is 14.5. The van der Waals surface area contributed by atoms with Crippen LogP contribution in [0.3, 0.4) is 0 Å². The van der Waals surface area contributed by atoms with Crippen LogP contribution in [0.25, 0.3) is 5.57 Å². The smallest absolute Gasteiger partial charge is 0.229 e. The molecule has 1 aromatic rings. The van der Waals surface area contributed by atoms with Crippen molar-refractivity contribution >= 4 is 37.2 Å². The number of aromatic nitrogens is 1. The van der Waals surface area contributed by atoms with Gasteiger partial charge in [0.2, 0.25) is 10.0 Å². The molecule has 2 heterocycles. The molecule has 0 atom stereocenters. The van der Waals surface area contributed by atoms with E-state index in [0.29, 0.717) is 11.4 Å². The van der Waals surface area contributed by atoms with Gasteiger partial charge in [0, 0.05) is 23.8 Å². The van der Waals surface area contributed by atoms with E-state index in [1.807, 2.05) is 0 Å². The Morgan fingerprint density at radius 1 is 1.47 bits per heavy atom. The second-order valence-electron chi connectivity index (χ2n) is 4.67. The van der Waals surface area contributed by atoms with Gasteiger partial charge in [-0.05, 0) is 41.0 Å². The summed E-state index contributed by atoms with van der Waals surface area (Å²) >= 11 is 3.31. The number of anilines is 1. The Hall–Kier alpha value is -0.920. The highest BCUT2D eigenvalue weighted by Gasteiger charge is 2.16. The van der Waals surface area contributed by atoms with E-state index in [2.05, 4.69) is 43.7 Å². The SMILES string of the molecule is CN1CC=C(c2ncc(Br)cc2NS(C)(=O)=O)CC1. The number of hydrogen-bond donors (Lipinski definition) is 1. The lowest BCUT2D eigenvalue weighted by Crippen LogP contribution is -2.24. The lowest BCUT2D eigenvalue weighted by atomic mass is 10.0. The molecule has 0 saturated heterocycles. The van der Waals surface area contributed by atoms with E-state index >= 15 is 0 Å². The molecule has 0 spiro atoms. The average Bonchev–Trinajstić information content (AvgIpc) is 2.29. The molecule has 7 heteroatoms. The monoisotopic (exact) mass is 345 g/mol. The molecule has 2 rings (SSSR count). The van der Waals surface area contributed by atoms with Crippen molar-refractivity contribution in [3.63, 3.8) is 0 Å². The molecule has 5 nitrogen and oxygen atoms in total. The third-order valence-corrected chi connectivity index (χ3v) is 3.89. The molecule has 0 aromatic carbocycles. The van der Waals surface area contributed by atoms with E-state index in [1.54, 1.807) is 12.3 Å². The predicted octanol–water partition coefficient (Wildman–Crippen LogP) is 1.93. The normalized spacial score (nSPS) is 17.1. The lowest BCUT2D eigenvalue weighted by Gasteiger charge is -2.22. The molecule has 1 aliphatic rings. The van der Waals surface area contributed by atoms with E-state index in [0.717, 1.165) is 35.8 Å². The molecular weight excluding hydrogens is 330 g/mol. The second-order valence-corrected chi connectivity index (χ2v) is 7.33. The lowest BCUT2D eigenvalue weighted by molar-refractivity contribution is 0.370. The fourth-order valence-electron chi connectivity index (χ4n) is 1.96. The van der Waals surface area contributed by atoms with Crippen LogP contribution < -0.4 is 4.72 Å². The number of pyridine rings is 1. The summed E-state index contributed by atoms with van der Waals surface area (Å²) in [7, 11) is -1.26. The van der Waals surface area contributed by atoms with Crippen LogP contribution in [0, 0.1) is 0 Å². The number of sulfonamides is 1. The molecule has 0 amide bonds. The third kappa shape index (κ3) is 4.02. The number of likely N-dealkylation sites (N-methyl/N-ethyl adjacent to an activating group) is 1. The molecule has 1 aliphatic heterocycles. The van der Waals surface area contributed by atoms with Crippen molar-refractivity contribution in [2.24, 2.45) is 0 Å². The Morgan fingerprint density at radius 3 is 2.79 bits per heavy atom. The van der Waals surface area contributed by atoms with E-state index in [9.17, 15) is 8.42 Å². The van der Waals surface area contributed by atoms with E-state index < -0.39 is 10.0 Å². The summed E-state index contributed by atoms with van der Waals surface area (Å²) in [4.78, 5) is 6.55. The highest BCUT2D eigenvalue weighted by Crippen LogP contribution is 2.29. The summed E-state index contributed by atoms with van der Waals surface area (Å²) in [5, 5.41) is 0. The summed E-state index contributed by atoms with van der Waals surface area (Å²) in [6, 6.07) is 1.74. The molecule has 1 aromatic heterocycles. The summed E-state index contributed by atoms with van der Waals surface area (Å²) in [5.74, 6) is 0. The molecule has 0 radical (unpaired) electrons. The summed E-state index contributed by atoms with van der Waals surface area (Å²) in [5.41, 5.74) is 2.31. The van der Waals surface area contributed by atoms with Gasteiger partial charge >= 0.3 is 0 Å². The summed E-state index contributed by atoms with van der Waals surface area (Å²) < 4.78 is 26.1. The van der Waals surface area contributed by atoms with Gasteiger partial charge in [-0.2, -0.15) is 0 Å². The number of nitrogens with one attached hydrogen (secondary N) is 1. The van der Waals surface area contributed by atoms with Crippen LogP contribution in [0.4, 0.5) is 5.69 Å². The Balaban J connectivity index is 2.40. The highest BCUT2D eigenvalue weighted by atomic mass is 79.9. The van der Waals surface area contributed by atoms with Gasteiger partial charge in [0.15, 0.2) is 0 Å². The second kappa shape index (κ2) is 5.60. The first-order chi connectivity index (χ1) is 8.85. The molecule has 0 saturated carbocycles. The van der Waals surface area contributed by atoms with E-state index in [1.165, 1.54) is 0 Å². The van der Waals surface area contributed by atoms with Crippen LogP contribution >= 0.6 is 15.9 Å². The molecular formula is C12H16BrN3O2S. The maximum atomic E-state index is 11.4. The van der Waals surface area contributed by atoms with Gasteiger partial charge in [0.1, 0.15) is 0 Å². The Bertz CT molecular complexity index is 613. The van der Waals surface area contributed by atoms with Crippen molar-refractivity contribution in [1.29, 1.82) is 0 Å². The van der Waals surface area contributed by atoms with Crippen molar-refractivity contribution in [3.8, 4) is 0 Å². The zero-order valence-corrected chi connectivity index (χ0v) is 13.3. The summed E-state index contributed by atoms with van der Waals surface area (Å²) in [6.07, 6.45) is 5.78. The predicted molar refractivity (Wildman–Crippen MR) is 80.5 cm³/mol. The average molecular weight is 346 g/mol. The van der Waals surface area contributed by atoms with E-state index in [-0.39, 0.29) is 0 Å².